The van der Waals surface area contributed by atoms with E-state index in [-0.39, 0.29) is 0 Å². The van der Waals surface area contributed by atoms with Crippen LogP contribution in [0.1, 0.15) is 0 Å². The van der Waals surface area contributed by atoms with Gasteiger partial charge in [0.25, 0.3) is 0 Å². The molecule has 0 spiro atoms. The Labute approximate surface area is 119 Å². The normalized spacial score (nSPS) is 10.5. The number of hydrogen-bond acceptors (Lipinski definition) is 1. The van der Waals surface area contributed by atoms with Gasteiger partial charge in [0, 0.05) is 31.4 Å². The molecule has 0 aliphatic rings. The van der Waals surface area contributed by atoms with Gasteiger partial charge in [-0.3, -0.25) is 4.68 Å². The second kappa shape index (κ2) is 5.25. The summed E-state index contributed by atoms with van der Waals surface area (Å²) < 4.78 is 2.18. The van der Waals surface area contributed by atoms with Crippen molar-refractivity contribution in [2.45, 2.75) is 0 Å². The first-order chi connectivity index (χ1) is 9.75. The Morgan fingerprint density at radius 1 is 0.700 bits per heavy atom. The fourth-order valence-electron chi connectivity index (χ4n) is 2.40. The van der Waals surface area contributed by atoms with Gasteiger partial charge in [-0.05, 0) is 11.6 Å². The standard InChI is InChI=1S/C18H18N2/c1-19(2)20-14-17(15-9-5-3-6-10-15)13-18(20)16-11-7-4-8-12-16/h3-14H,1-2H3. The molecule has 0 saturated heterocycles. The highest BCUT2D eigenvalue weighted by Crippen LogP contribution is 2.28. The minimum Gasteiger partial charge on any atom is -0.319 e. The van der Waals surface area contributed by atoms with E-state index in [4.69, 9.17) is 0 Å². The summed E-state index contributed by atoms with van der Waals surface area (Å²) in [5, 5.41) is 2.09. The van der Waals surface area contributed by atoms with Crippen molar-refractivity contribution in [3.05, 3.63) is 72.9 Å². The number of benzene rings is 2. The summed E-state index contributed by atoms with van der Waals surface area (Å²) in [7, 11) is 4.11. The minimum atomic E-state index is 1.20. The predicted molar refractivity (Wildman–Crippen MR) is 85.4 cm³/mol. The number of nitrogens with zero attached hydrogens (tertiary/aromatic N) is 2. The van der Waals surface area contributed by atoms with E-state index in [1.807, 2.05) is 12.1 Å². The zero-order chi connectivity index (χ0) is 13.9. The monoisotopic (exact) mass is 262 g/mol. The Morgan fingerprint density at radius 3 is 1.80 bits per heavy atom. The highest BCUT2D eigenvalue weighted by atomic mass is 15.5. The van der Waals surface area contributed by atoms with Crippen molar-refractivity contribution < 1.29 is 0 Å². The Morgan fingerprint density at radius 2 is 1.25 bits per heavy atom. The maximum Gasteiger partial charge on any atom is 0.0700 e. The van der Waals surface area contributed by atoms with Crippen molar-refractivity contribution in [1.82, 2.24) is 4.68 Å². The molecule has 0 saturated carbocycles. The summed E-state index contributed by atoms with van der Waals surface area (Å²) in [6, 6.07) is 23.2. The van der Waals surface area contributed by atoms with Gasteiger partial charge in [0.1, 0.15) is 0 Å². The average molecular weight is 262 g/mol. The van der Waals surface area contributed by atoms with Crippen LogP contribution in [0.15, 0.2) is 72.9 Å². The summed E-state index contributed by atoms with van der Waals surface area (Å²) >= 11 is 0. The molecule has 3 rings (SSSR count). The molecule has 1 aromatic heterocycles. The van der Waals surface area contributed by atoms with Crippen LogP contribution in [0.3, 0.4) is 0 Å². The fraction of sp³-hybridized carbons (Fsp3) is 0.111. The van der Waals surface area contributed by atoms with Crippen molar-refractivity contribution >= 4 is 0 Å². The topological polar surface area (TPSA) is 8.17 Å². The second-order valence-electron chi connectivity index (χ2n) is 5.04. The number of rotatable bonds is 3. The summed E-state index contributed by atoms with van der Waals surface area (Å²) in [5.41, 5.74) is 4.90. The van der Waals surface area contributed by atoms with Crippen LogP contribution in [-0.2, 0) is 0 Å². The molecule has 0 aliphatic carbocycles. The van der Waals surface area contributed by atoms with E-state index in [9.17, 15) is 0 Å². The quantitative estimate of drug-likeness (QED) is 0.692. The van der Waals surface area contributed by atoms with Gasteiger partial charge >= 0.3 is 0 Å². The highest BCUT2D eigenvalue weighted by Gasteiger charge is 2.10. The predicted octanol–water partition coefficient (Wildman–Crippen LogP) is 4.02. The van der Waals surface area contributed by atoms with Crippen molar-refractivity contribution in [3.63, 3.8) is 0 Å². The summed E-state index contributed by atoms with van der Waals surface area (Å²) in [4.78, 5) is 0. The van der Waals surface area contributed by atoms with Gasteiger partial charge in [0.15, 0.2) is 0 Å². The summed E-state index contributed by atoms with van der Waals surface area (Å²) in [5.74, 6) is 0. The first kappa shape index (κ1) is 12.5. The lowest BCUT2D eigenvalue weighted by atomic mass is 10.1. The molecule has 0 unspecified atom stereocenters. The van der Waals surface area contributed by atoms with Crippen molar-refractivity contribution in [2.24, 2.45) is 0 Å². The van der Waals surface area contributed by atoms with E-state index in [1.54, 1.807) is 0 Å². The third-order valence-electron chi connectivity index (χ3n) is 3.41. The third kappa shape index (κ3) is 2.32. The van der Waals surface area contributed by atoms with Gasteiger partial charge in [0.2, 0.25) is 0 Å². The Kier molecular flexibility index (Phi) is 3.30. The van der Waals surface area contributed by atoms with Crippen LogP contribution in [-0.4, -0.2) is 18.8 Å². The van der Waals surface area contributed by atoms with Gasteiger partial charge < -0.3 is 5.01 Å². The molecule has 0 fully saturated rings. The van der Waals surface area contributed by atoms with E-state index in [0.717, 1.165) is 0 Å². The molecule has 0 N–H and O–H groups in total. The van der Waals surface area contributed by atoms with E-state index >= 15 is 0 Å². The minimum absolute atomic E-state index is 1.20. The van der Waals surface area contributed by atoms with Crippen LogP contribution in [0, 0.1) is 0 Å². The van der Waals surface area contributed by atoms with Crippen molar-refractivity contribution in [1.29, 1.82) is 0 Å². The zero-order valence-electron chi connectivity index (χ0n) is 11.8. The summed E-state index contributed by atoms with van der Waals surface area (Å²) in [6.45, 7) is 0. The molecule has 0 aliphatic heterocycles. The molecule has 2 nitrogen and oxygen atoms in total. The third-order valence-corrected chi connectivity index (χ3v) is 3.41. The first-order valence-electron chi connectivity index (χ1n) is 6.76. The van der Waals surface area contributed by atoms with Crippen LogP contribution in [0.4, 0.5) is 0 Å². The molecule has 2 heteroatoms. The average Bonchev–Trinajstić information content (AvgIpc) is 2.94. The van der Waals surface area contributed by atoms with Crippen LogP contribution in [0.5, 0.6) is 0 Å². The lowest BCUT2D eigenvalue weighted by Crippen LogP contribution is -2.24. The molecule has 0 radical (unpaired) electrons. The lowest BCUT2D eigenvalue weighted by molar-refractivity contribution is 0.744. The molecular formula is C18H18N2. The fourth-order valence-corrected chi connectivity index (χ4v) is 2.40. The highest BCUT2D eigenvalue weighted by molar-refractivity contribution is 5.72. The van der Waals surface area contributed by atoms with E-state index in [2.05, 4.69) is 84.6 Å². The lowest BCUT2D eigenvalue weighted by Gasteiger charge is -2.18. The molecule has 3 aromatic rings. The zero-order valence-corrected chi connectivity index (χ0v) is 11.8. The van der Waals surface area contributed by atoms with E-state index in [1.165, 1.54) is 22.4 Å². The largest absolute Gasteiger partial charge is 0.319 e. The van der Waals surface area contributed by atoms with Crippen LogP contribution in [0.2, 0.25) is 0 Å². The molecule has 0 bridgehead atoms. The number of aromatic nitrogens is 1. The molecular weight excluding hydrogens is 244 g/mol. The van der Waals surface area contributed by atoms with Gasteiger partial charge in [-0.1, -0.05) is 60.7 Å². The van der Waals surface area contributed by atoms with E-state index < -0.39 is 0 Å². The Hall–Kier alpha value is -2.48. The second-order valence-corrected chi connectivity index (χ2v) is 5.04. The molecule has 1 heterocycles. The number of hydrogen-bond donors (Lipinski definition) is 0. The maximum absolute atomic E-state index is 2.24. The maximum atomic E-state index is 2.24. The van der Waals surface area contributed by atoms with E-state index in [0.29, 0.717) is 0 Å². The Bertz CT molecular complexity index is 682. The van der Waals surface area contributed by atoms with Crippen molar-refractivity contribution in [2.75, 3.05) is 19.1 Å². The molecule has 100 valence electrons. The van der Waals surface area contributed by atoms with Gasteiger partial charge in [-0.15, -0.1) is 0 Å². The van der Waals surface area contributed by atoms with Crippen LogP contribution in [0.25, 0.3) is 22.4 Å². The van der Waals surface area contributed by atoms with Crippen LogP contribution >= 0.6 is 0 Å². The van der Waals surface area contributed by atoms with Gasteiger partial charge in [0.05, 0.1) is 5.69 Å². The van der Waals surface area contributed by atoms with Crippen LogP contribution < -0.4 is 5.01 Å². The molecule has 2 aromatic carbocycles. The van der Waals surface area contributed by atoms with Crippen molar-refractivity contribution in [3.8, 4) is 22.4 Å². The SMILES string of the molecule is CN(C)n1cc(-c2ccccc2)cc1-c1ccccc1. The Balaban J connectivity index is 2.13. The van der Waals surface area contributed by atoms with Gasteiger partial charge in [-0.25, -0.2) is 0 Å². The molecule has 0 atom stereocenters. The van der Waals surface area contributed by atoms with Gasteiger partial charge in [-0.2, -0.15) is 0 Å². The molecule has 20 heavy (non-hydrogen) atoms. The first-order valence-corrected chi connectivity index (χ1v) is 6.76. The smallest absolute Gasteiger partial charge is 0.0700 e. The molecule has 0 amide bonds. The summed E-state index contributed by atoms with van der Waals surface area (Å²) in [6.07, 6.45) is 2.18.